The van der Waals surface area contributed by atoms with Gasteiger partial charge in [0, 0.05) is 38.5 Å². The fraction of sp³-hybridized carbons (Fsp3) is 0.192. The highest BCUT2D eigenvalue weighted by atomic mass is 35.5. The number of H-pyrrole nitrogens is 1. The van der Waals surface area contributed by atoms with Crippen molar-refractivity contribution in [1.82, 2.24) is 10.3 Å². The number of rotatable bonds is 7. The predicted molar refractivity (Wildman–Crippen MR) is 131 cm³/mol. The SMILES string of the molecule is C[C@@H](NC(=O)Cc1[nH]c(O)c2ccccc12)[C@H](Cc1ccc(Cl)cc1)c1ccc(Cl)cc1. The molecule has 0 spiro atoms. The molecule has 0 bridgehead atoms. The number of aromatic nitrogens is 1. The van der Waals surface area contributed by atoms with Crippen molar-refractivity contribution in [3.8, 4) is 5.88 Å². The number of fused-ring (bicyclic) bond motifs is 1. The van der Waals surface area contributed by atoms with Crippen LogP contribution in [0.25, 0.3) is 10.8 Å². The molecular weight excluding hydrogens is 443 g/mol. The smallest absolute Gasteiger partial charge is 0.226 e. The molecule has 0 radical (unpaired) electrons. The minimum absolute atomic E-state index is 0.0474. The van der Waals surface area contributed by atoms with E-state index in [1.165, 1.54) is 0 Å². The monoisotopic (exact) mass is 466 g/mol. The van der Waals surface area contributed by atoms with Gasteiger partial charge >= 0.3 is 0 Å². The largest absolute Gasteiger partial charge is 0.494 e. The van der Waals surface area contributed by atoms with Gasteiger partial charge in [0.1, 0.15) is 0 Å². The summed E-state index contributed by atoms with van der Waals surface area (Å²) in [5.41, 5.74) is 2.93. The van der Waals surface area contributed by atoms with Crippen LogP contribution >= 0.6 is 23.2 Å². The van der Waals surface area contributed by atoms with Crippen molar-refractivity contribution in [3.63, 3.8) is 0 Å². The zero-order valence-corrected chi connectivity index (χ0v) is 19.1. The number of carbonyl (C=O) groups is 1. The molecule has 0 fully saturated rings. The number of hydrogen-bond acceptors (Lipinski definition) is 2. The molecule has 0 saturated carbocycles. The molecule has 3 aromatic carbocycles. The molecule has 0 aliphatic carbocycles. The first-order chi connectivity index (χ1) is 15.4. The van der Waals surface area contributed by atoms with Crippen LogP contribution < -0.4 is 5.32 Å². The lowest BCUT2D eigenvalue weighted by atomic mass is 9.86. The molecule has 32 heavy (non-hydrogen) atoms. The van der Waals surface area contributed by atoms with Gasteiger partial charge in [0.2, 0.25) is 5.91 Å². The standard InChI is InChI=1S/C26H24Cl2N2O2/c1-16(29-25(31)15-24-21-4-2-3-5-22(21)26(32)30-24)23(18-8-12-20(28)13-9-18)14-17-6-10-19(27)11-7-17/h2-13,16,23,30,32H,14-15H2,1H3,(H,29,31)/t16-,23+/m1/s1. The van der Waals surface area contributed by atoms with Crippen LogP contribution in [0.4, 0.5) is 0 Å². The molecule has 1 heterocycles. The van der Waals surface area contributed by atoms with E-state index >= 15 is 0 Å². The second-order valence-corrected chi connectivity index (χ2v) is 8.89. The summed E-state index contributed by atoms with van der Waals surface area (Å²) in [6, 6.07) is 22.9. The third-order valence-electron chi connectivity index (χ3n) is 5.77. The highest BCUT2D eigenvalue weighted by Crippen LogP contribution is 2.29. The molecule has 2 atom stereocenters. The molecule has 6 heteroatoms. The van der Waals surface area contributed by atoms with Crippen molar-refractivity contribution in [2.45, 2.75) is 31.7 Å². The Kier molecular flexibility index (Phi) is 6.73. The van der Waals surface area contributed by atoms with Gasteiger partial charge in [-0.05, 0) is 54.8 Å². The molecule has 0 aliphatic rings. The molecule has 0 unspecified atom stereocenters. The lowest BCUT2D eigenvalue weighted by Crippen LogP contribution is -2.38. The van der Waals surface area contributed by atoms with Gasteiger partial charge in [0.25, 0.3) is 0 Å². The average molecular weight is 467 g/mol. The van der Waals surface area contributed by atoms with Crippen LogP contribution in [0.3, 0.4) is 0 Å². The third kappa shape index (κ3) is 5.09. The average Bonchev–Trinajstić information content (AvgIpc) is 3.09. The molecule has 0 saturated heterocycles. The van der Waals surface area contributed by atoms with Crippen molar-refractivity contribution in [3.05, 3.63) is 99.7 Å². The number of hydrogen-bond donors (Lipinski definition) is 3. The number of nitrogens with one attached hydrogen (secondary N) is 2. The number of benzene rings is 3. The summed E-state index contributed by atoms with van der Waals surface area (Å²) >= 11 is 12.1. The van der Waals surface area contributed by atoms with Gasteiger partial charge < -0.3 is 15.4 Å². The lowest BCUT2D eigenvalue weighted by Gasteiger charge is -2.26. The highest BCUT2D eigenvalue weighted by molar-refractivity contribution is 6.30. The van der Waals surface area contributed by atoms with E-state index < -0.39 is 0 Å². The van der Waals surface area contributed by atoms with Crippen LogP contribution in [0.5, 0.6) is 5.88 Å². The zero-order valence-electron chi connectivity index (χ0n) is 17.6. The third-order valence-corrected chi connectivity index (χ3v) is 6.28. The topological polar surface area (TPSA) is 65.1 Å². The van der Waals surface area contributed by atoms with E-state index in [4.69, 9.17) is 23.2 Å². The minimum Gasteiger partial charge on any atom is -0.494 e. The highest BCUT2D eigenvalue weighted by Gasteiger charge is 2.23. The van der Waals surface area contributed by atoms with Crippen molar-refractivity contribution in [1.29, 1.82) is 0 Å². The van der Waals surface area contributed by atoms with Gasteiger partial charge in [0.15, 0.2) is 5.88 Å². The van der Waals surface area contributed by atoms with Crippen LogP contribution in [0, 0.1) is 0 Å². The number of carbonyl (C=O) groups excluding carboxylic acids is 1. The summed E-state index contributed by atoms with van der Waals surface area (Å²) in [5.74, 6) is 0.0176. The van der Waals surface area contributed by atoms with Gasteiger partial charge in [0.05, 0.1) is 6.42 Å². The fourth-order valence-electron chi connectivity index (χ4n) is 4.10. The molecule has 4 nitrogen and oxygen atoms in total. The van der Waals surface area contributed by atoms with E-state index in [2.05, 4.69) is 10.3 Å². The quantitative estimate of drug-likeness (QED) is 0.301. The summed E-state index contributed by atoms with van der Waals surface area (Å²) in [6.07, 6.45) is 0.895. The Bertz CT molecular complexity index is 1220. The van der Waals surface area contributed by atoms with E-state index in [-0.39, 0.29) is 30.2 Å². The van der Waals surface area contributed by atoms with Crippen LogP contribution in [-0.4, -0.2) is 22.0 Å². The second-order valence-electron chi connectivity index (χ2n) is 8.02. The van der Waals surface area contributed by atoms with Crippen LogP contribution in [0.2, 0.25) is 10.0 Å². The number of aromatic hydroxyl groups is 1. The Morgan fingerprint density at radius 3 is 2.19 bits per heavy atom. The van der Waals surface area contributed by atoms with Gasteiger partial charge in [-0.25, -0.2) is 0 Å². The van der Waals surface area contributed by atoms with Crippen molar-refractivity contribution in [2.24, 2.45) is 0 Å². The summed E-state index contributed by atoms with van der Waals surface area (Å²) < 4.78 is 0. The maximum absolute atomic E-state index is 12.9. The predicted octanol–water partition coefficient (Wildman–Crippen LogP) is 6.25. The van der Waals surface area contributed by atoms with Crippen molar-refractivity contribution in [2.75, 3.05) is 0 Å². The molecule has 0 aliphatic heterocycles. The van der Waals surface area contributed by atoms with Crippen LogP contribution in [0.15, 0.2) is 72.8 Å². The molecule has 1 amide bonds. The molecule has 164 valence electrons. The zero-order chi connectivity index (χ0) is 22.7. The molecule has 4 rings (SSSR count). The maximum atomic E-state index is 12.9. The van der Waals surface area contributed by atoms with E-state index in [0.717, 1.165) is 22.9 Å². The first-order valence-corrected chi connectivity index (χ1v) is 11.2. The van der Waals surface area contributed by atoms with Gasteiger partial charge in [-0.2, -0.15) is 0 Å². The second kappa shape index (κ2) is 9.68. The van der Waals surface area contributed by atoms with Crippen LogP contribution in [-0.2, 0) is 17.6 Å². The Labute approximate surface area is 197 Å². The van der Waals surface area contributed by atoms with E-state index in [0.29, 0.717) is 21.1 Å². The Balaban J connectivity index is 1.53. The van der Waals surface area contributed by atoms with Crippen molar-refractivity contribution >= 4 is 39.9 Å². The summed E-state index contributed by atoms with van der Waals surface area (Å²) in [6.45, 7) is 2.01. The number of halogens is 2. The summed E-state index contributed by atoms with van der Waals surface area (Å²) in [4.78, 5) is 15.8. The van der Waals surface area contributed by atoms with Crippen molar-refractivity contribution < 1.29 is 9.90 Å². The fourth-order valence-corrected chi connectivity index (χ4v) is 4.36. The van der Waals surface area contributed by atoms with Gasteiger partial charge in [-0.3, -0.25) is 4.79 Å². The first kappa shape index (κ1) is 22.3. The van der Waals surface area contributed by atoms with Gasteiger partial charge in [-0.1, -0.05) is 65.7 Å². The molecule has 1 aromatic heterocycles. The molecule has 3 N–H and O–H groups in total. The normalized spacial score (nSPS) is 13.1. The van der Waals surface area contributed by atoms with Crippen LogP contribution in [0.1, 0.15) is 29.7 Å². The maximum Gasteiger partial charge on any atom is 0.226 e. The van der Waals surface area contributed by atoms with E-state index in [1.54, 1.807) is 0 Å². The Morgan fingerprint density at radius 2 is 1.53 bits per heavy atom. The molecular formula is C26H24Cl2N2O2. The van der Waals surface area contributed by atoms with E-state index in [1.807, 2.05) is 79.7 Å². The summed E-state index contributed by atoms with van der Waals surface area (Å²) in [7, 11) is 0. The summed E-state index contributed by atoms with van der Waals surface area (Å²) in [5, 5.41) is 16.2. The molecule has 4 aromatic rings. The number of aromatic amines is 1. The van der Waals surface area contributed by atoms with E-state index in [9.17, 15) is 9.90 Å². The minimum atomic E-state index is -0.130. The van der Waals surface area contributed by atoms with Gasteiger partial charge in [-0.15, -0.1) is 0 Å². The Morgan fingerprint density at radius 1 is 0.938 bits per heavy atom. The number of amides is 1. The lowest BCUT2D eigenvalue weighted by molar-refractivity contribution is -0.121. The first-order valence-electron chi connectivity index (χ1n) is 10.5. The Hall–Kier alpha value is -2.95.